The Bertz CT molecular complexity index is 1260. The fraction of sp³-hybridized carbons (Fsp3) is 0.480. The summed E-state index contributed by atoms with van der Waals surface area (Å²) in [5.41, 5.74) is 1.42. The van der Waals surface area contributed by atoms with Crippen molar-refractivity contribution in [2.24, 2.45) is 11.8 Å². The minimum Gasteiger partial charge on any atom is -0.474 e. The molecule has 1 amide bonds. The second-order valence-corrected chi connectivity index (χ2v) is 12.2. The molecular weight excluding hydrogens is 523 g/mol. The van der Waals surface area contributed by atoms with Gasteiger partial charge in [0.1, 0.15) is 12.2 Å². The zero-order chi connectivity index (χ0) is 26.0. The van der Waals surface area contributed by atoms with Gasteiger partial charge >= 0.3 is 0 Å². The summed E-state index contributed by atoms with van der Waals surface area (Å²) in [6.07, 6.45) is 3.39. The Balaban J connectivity index is 1.52. The molecular formula is C25H28Cl2N4O4S. The highest BCUT2D eigenvalue weighted by molar-refractivity contribution is 7.88. The number of benzene rings is 1. The van der Waals surface area contributed by atoms with Crippen molar-refractivity contribution >= 4 is 39.1 Å². The van der Waals surface area contributed by atoms with Gasteiger partial charge in [-0.2, -0.15) is 5.26 Å². The number of nitrogens with zero attached hydrogens (tertiary/aromatic N) is 4. The highest BCUT2D eigenvalue weighted by atomic mass is 35.5. The van der Waals surface area contributed by atoms with Gasteiger partial charge in [-0.15, -0.1) is 0 Å². The largest absolute Gasteiger partial charge is 0.474 e. The Morgan fingerprint density at radius 3 is 2.47 bits per heavy atom. The molecule has 8 nitrogen and oxygen atoms in total. The maximum atomic E-state index is 13.5. The number of amides is 1. The van der Waals surface area contributed by atoms with Gasteiger partial charge in [0.2, 0.25) is 21.8 Å². The van der Waals surface area contributed by atoms with Gasteiger partial charge in [0, 0.05) is 56.2 Å². The van der Waals surface area contributed by atoms with Crippen molar-refractivity contribution in [3.8, 4) is 11.9 Å². The molecule has 36 heavy (non-hydrogen) atoms. The minimum absolute atomic E-state index is 0.0341. The molecule has 0 bridgehead atoms. The minimum atomic E-state index is -3.26. The van der Waals surface area contributed by atoms with Crippen LogP contribution in [0.5, 0.6) is 5.88 Å². The van der Waals surface area contributed by atoms with Gasteiger partial charge in [0.25, 0.3) is 0 Å². The molecule has 0 aliphatic carbocycles. The Morgan fingerprint density at radius 1 is 1.17 bits per heavy atom. The van der Waals surface area contributed by atoms with Gasteiger partial charge in [0.15, 0.2) is 0 Å². The van der Waals surface area contributed by atoms with E-state index < -0.39 is 10.0 Å². The molecule has 1 aromatic carbocycles. The van der Waals surface area contributed by atoms with E-state index >= 15 is 0 Å². The number of aromatic nitrogens is 1. The third kappa shape index (κ3) is 5.94. The summed E-state index contributed by atoms with van der Waals surface area (Å²) < 4.78 is 31.3. The van der Waals surface area contributed by atoms with E-state index in [1.807, 2.05) is 30.0 Å². The quantitative estimate of drug-likeness (QED) is 0.539. The molecule has 2 aliphatic heterocycles. The van der Waals surface area contributed by atoms with Crippen LogP contribution in [0.15, 0.2) is 36.5 Å². The van der Waals surface area contributed by atoms with Crippen molar-refractivity contribution in [3.63, 3.8) is 0 Å². The zero-order valence-electron chi connectivity index (χ0n) is 20.1. The van der Waals surface area contributed by atoms with Gasteiger partial charge in [-0.1, -0.05) is 29.3 Å². The normalized spacial score (nSPS) is 22.2. The number of pyridine rings is 1. The molecule has 2 fully saturated rings. The van der Waals surface area contributed by atoms with Crippen LogP contribution in [0.1, 0.15) is 36.8 Å². The number of ether oxygens (including phenoxy) is 1. The van der Waals surface area contributed by atoms with E-state index in [9.17, 15) is 13.2 Å². The number of carbonyl (C=O) groups excluding carboxylic acids is 1. The fourth-order valence-corrected chi connectivity index (χ4v) is 6.25. The Labute approximate surface area is 221 Å². The number of nitriles is 1. The SMILES string of the molecule is C[C@H](Oc1ccc(C#N)cn1)[C@H]1CN(C(=O)C2CCN(S(C)(=O)=O)CC2)C[C@@H]1c1ccc(Cl)c(Cl)c1. The Morgan fingerprint density at radius 2 is 1.89 bits per heavy atom. The number of hydrogen-bond donors (Lipinski definition) is 0. The van der Waals surface area contributed by atoms with Crippen LogP contribution < -0.4 is 4.74 Å². The lowest BCUT2D eigenvalue weighted by molar-refractivity contribution is -0.135. The molecule has 2 saturated heterocycles. The maximum Gasteiger partial charge on any atom is 0.225 e. The molecule has 0 N–H and O–H groups in total. The van der Waals surface area contributed by atoms with Gasteiger partial charge in [-0.3, -0.25) is 4.79 Å². The number of hydrogen-bond acceptors (Lipinski definition) is 6. The predicted octanol–water partition coefficient (Wildman–Crippen LogP) is 3.94. The first-order chi connectivity index (χ1) is 17.1. The molecule has 1 aromatic heterocycles. The van der Waals surface area contributed by atoms with Gasteiger partial charge in [0.05, 0.1) is 21.9 Å². The highest BCUT2D eigenvalue weighted by Gasteiger charge is 2.42. The molecule has 3 heterocycles. The van der Waals surface area contributed by atoms with Crippen LogP contribution in [0.3, 0.4) is 0 Å². The molecule has 0 unspecified atom stereocenters. The lowest BCUT2D eigenvalue weighted by atomic mass is 9.86. The zero-order valence-corrected chi connectivity index (χ0v) is 22.4. The van der Waals surface area contributed by atoms with Crippen LogP contribution in [0.25, 0.3) is 0 Å². The van der Waals surface area contributed by atoms with Crippen molar-refractivity contribution in [3.05, 3.63) is 57.7 Å². The molecule has 2 aromatic rings. The molecule has 0 spiro atoms. The second-order valence-electron chi connectivity index (χ2n) is 9.44. The predicted molar refractivity (Wildman–Crippen MR) is 137 cm³/mol. The standard InChI is InChI=1S/C25H28Cl2N4O4S/c1-16(35-24-6-3-17(12-28)13-29-24)20-14-30(15-21(20)19-4-5-22(26)23(27)11-19)25(32)18-7-9-31(10-8-18)36(2,33)34/h3-6,11,13,16,18,20-21H,7-10,14-15H2,1-2H3/t16-,20+,21+/m0/s1. The number of likely N-dealkylation sites (tertiary alicyclic amines) is 1. The number of sulfonamides is 1. The number of rotatable bonds is 6. The maximum absolute atomic E-state index is 13.5. The average Bonchev–Trinajstić information content (AvgIpc) is 3.31. The van der Waals surface area contributed by atoms with Crippen LogP contribution in [0.2, 0.25) is 10.0 Å². The lowest BCUT2D eigenvalue weighted by Gasteiger charge is -2.32. The third-order valence-electron chi connectivity index (χ3n) is 7.10. The first-order valence-electron chi connectivity index (χ1n) is 11.8. The average molecular weight is 551 g/mol. The van der Waals surface area contributed by atoms with E-state index in [1.165, 1.54) is 16.8 Å². The molecule has 0 radical (unpaired) electrons. The van der Waals surface area contributed by atoms with Crippen molar-refractivity contribution in [2.45, 2.75) is 31.8 Å². The van der Waals surface area contributed by atoms with Crippen LogP contribution in [0.4, 0.5) is 0 Å². The summed E-state index contributed by atoms with van der Waals surface area (Å²) >= 11 is 12.5. The molecule has 3 atom stereocenters. The van der Waals surface area contributed by atoms with Crippen molar-refractivity contribution in [2.75, 3.05) is 32.4 Å². The fourth-order valence-electron chi connectivity index (χ4n) is 5.07. The number of carbonyl (C=O) groups is 1. The van der Waals surface area contributed by atoms with E-state index in [2.05, 4.69) is 4.98 Å². The van der Waals surface area contributed by atoms with E-state index in [0.717, 1.165) is 5.56 Å². The molecule has 0 saturated carbocycles. The van der Waals surface area contributed by atoms with Crippen molar-refractivity contribution < 1.29 is 17.9 Å². The third-order valence-corrected chi connectivity index (χ3v) is 9.14. The number of piperidine rings is 1. The van der Waals surface area contributed by atoms with Gasteiger partial charge < -0.3 is 9.64 Å². The van der Waals surface area contributed by atoms with Crippen LogP contribution >= 0.6 is 23.2 Å². The molecule has 4 rings (SSSR count). The smallest absolute Gasteiger partial charge is 0.225 e. The Kier molecular flexibility index (Phi) is 8.10. The molecule has 192 valence electrons. The summed E-state index contributed by atoms with van der Waals surface area (Å²) in [7, 11) is -3.26. The van der Waals surface area contributed by atoms with E-state index in [-0.39, 0.29) is 29.8 Å². The summed E-state index contributed by atoms with van der Waals surface area (Å²) in [6, 6.07) is 10.9. The van der Waals surface area contributed by atoms with Crippen LogP contribution in [0, 0.1) is 23.2 Å². The van der Waals surface area contributed by atoms with Gasteiger partial charge in [-0.05, 0) is 43.5 Å². The highest BCUT2D eigenvalue weighted by Crippen LogP contribution is 2.39. The van der Waals surface area contributed by atoms with E-state index in [4.69, 9.17) is 33.2 Å². The summed E-state index contributed by atoms with van der Waals surface area (Å²) in [5, 5.41) is 9.92. The molecule has 11 heteroatoms. The summed E-state index contributed by atoms with van der Waals surface area (Å²) in [4.78, 5) is 19.6. The number of halogens is 2. The van der Waals surface area contributed by atoms with Crippen molar-refractivity contribution in [1.82, 2.24) is 14.2 Å². The monoisotopic (exact) mass is 550 g/mol. The van der Waals surface area contributed by atoms with E-state index in [1.54, 1.807) is 18.2 Å². The summed E-state index contributed by atoms with van der Waals surface area (Å²) in [6.45, 7) is 3.66. The second kappa shape index (κ2) is 10.9. The summed E-state index contributed by atoms with van der Waals surface area (Å²) in [5.74, 6) is 0.160. The van der Waals surface area contributed by atoms with E-state index in [0.29, 0.717) is 60.5 Å². The van der Waals surface area contributed by atoms with Crippen LogP contribution in [-0.2, 0) is 14.8 Å². The lowest BCUT2D eigenvalue weighted by Crippen LogP contribution is -2.43. The van der Waals surface area contributed by atoms with Crippen molar-refractivity contribution in [1.29, 1.82) is 5.26 Å². The first kappa shape index (κ1) is 26.7. The molecule has 2 aliphatic rings. The van der Waals surface area contributed by atoms with Gasteiger partial charge in [-0.25, -0.2) is 17.7 Å². The Hall–Kier alpha value is -2.38. The van der Waals surface area contributed by atoms with Crippen LogP contribution in [-0.4, -0.2) is 67.1 Å². The topological polar surface area (TPSA) is 104 Å². The first-order valence-corrected chi connectivity index (χ1v) is 14.4.